The maximum atomic E-state index is 9.82. The number of halogens is 1. The summed E-state index contributed by atoms with van der Waals surface area (Å²) < 4.78 is 0. The minimum Gasteiger partial charge on any atom is -0.508 e. The summed E-state index contributed by atoms with van der Waals surface area (Å²) in [6.45, 7) is 3.83. The second kappa shape index (κ2) is 5.25. The molecular weight excluding hydrogens is 236 g/mol. The first-order valence-electron chi connectivity index (χ1n) is 6.04. The zero-order chi connectivity index (χ0) is 12.4. The van der Waals surface area contributed by atoms with Crippen LogP contribution in [0, 0.1) is 0 Å². The molecule has 0 bridgehead atoms. The van der Waals surface area contributed by atoms with Crippen molar-refractivity contribution in [3.8, 4) is 5.75 Å². The molecule has 3 N–H and O–H groups in total. The van der Waals surface area contributed by atoms with Crippen molar-refractivity contribution in [3.05, 3.63) is 28.8 Å². The summed E-state index contributed by atoms with van der Waals surface area (Å²) in [5.74, 6) is 0.277. The summed E-state index contributed by atoms with van der Waals surface area (Å²) in [7, 11) is 0. The van der Waals surface area contributed by atoms with E-state index in [1.54, 1.807) is 12.1 Å². The Morgan fingerprint density at radius 2 is 2.29 bits per heavy atom. The fourth-order valence-corrected chi connectivity index (χ4v) is 2.63. The van der Waals surface area contributed by atoms with Gasteiger partial charge in [0.15, 0.2) is 0 Å². The topological polar surface area (TPSA) is 49.5 Å². The van der Waals surface area contributed by atoms with Gasteiger partial charge in [0.2, 0.25) is 0 Å². The average Bonchev–Trinajstić information content (AvgIpc) is 2.26. The predicted octanol–water partition coefficient (Wildman–Crippen LogP) is 2.36. The van der Waals surface area contributed by atoms with E-state index in [1.807, 2.05) is 6.07 Å². The minimum atomic E-state index is 0.277. The Bertz CT molecular complexity index is 377. The molecule has 0 radical (unpaired) electrons. The Morgan fingerprint density at radius 1 is 1.53 bits per heavy atom. The second-order valence-corrected chi connectivity index (χ2v) is 5.25. The fourth-order valence-electron chi connectivity index (χ4n) is 2.40. The van der Waals surface area contributed by atoms with Crippen LogP contribution in [0.3, 0.4) is 0 Å². The lowest BCUT2D eigenvalue weighted by Crippen LogP contribution is -2.45. The summed E-state index contributed by atoms with van der Waals surface area (Å²) >= 11 is 6.11. The third-order valence-electron chi connectivity index (χ3n) is 3.51. The molecule has 2 unspecified atom stereocenters. The van der Waals surface area contributed by atoms with Gasteiger partial charge in [-0.1, -0.05) is 17.7 Å². The molecule has 1 aromatic rings. The Labute approximate surface area is 107 Å². The molecule has 0 aromatic heterocycles. The summed E-state index contributed by atoms with van der Waals surface area (Å²) in [5.41, 5.74) is 6.75. The van der Waals surface area contributed by atoms with Crippen molar-refractivity contribution in [3.63, 3.8) is 0 Å². The van der Waals surface area contributed by atoms with Crippen molar-refractivity contribution in [1.82, 2.24) is 4.90 Å². The molecule has 3 nitrogen and oxygen atoms in total. The molecular formula is C13H19ClN2O. The number of rotatable bonds is 2. The summed E-state index contributed by atoms with van der Waals surface area (Å²) in [6.07, 6.45) is 2.01. The third-order valence-corrected chi connectivity index (χ3v) is 3.86. The van der Waals surface area contributed by atoms with Gasteiger partial charge in [-0.25, -0.2) is 0 Å². The normalized spacial score (nSPS) is 26.1. The standard InChI is InChI=1S/C13H19ClN2O/c1-9-7-10(15)5-6-16(9)8-11-12(14)3-2-4-13(11)17/h2-4,9-10,17H,5-8,15H2,1H3. The molecule has 17 heavy (non-hydrogen) atoms. The van der Waals surface area contributed by atoms with Gasteiger partial charge in [-0.05, 0) is 31.9 Å². The SMILES string of the molecule is CC1CC(N)CCN1Cc1c(O)cccc1Cl. The van der Waals surface area contributed by atoms with Gasteiger partial charge in [-0.15, -0.1) is 0 Å². The van der Waals surface area contributed by atoms with Gasteiger partial charge in [0.1, 0.15) is 5.75 Å². The van der Waals surface area contributed by atoms with Crippen LogP contribution in [0.1, 0.15) is 25.3 Å². The number of hydrogen-bond donors (Lipinski definition) is 2. The number of hydrogen-bond acceptors (Lipinski definition) is 3. The highest BCUT2D eigenvalue weighted by molar-refractivity contribution is 6.31. The van der Waals surface area contributed by atoms with Gasteiger partial charge in [0.05, 0.1) is 0 Å². The molecule has 0 aliphatic carbocycles. The maximum absolute atomic E-state index is 9.82. The molecule has 94 valence electrons. The van der Waals surface area contributed by atoms with E-state index in [1.165, 1.54) is 0 Å². The van der Waals surface area contributed by atoms with Gasteiger partial charge in [0, 0.05) is 35.8 Å². The molecule has 2 atom stereocenters. The largest absolute Gasteiger partial charge is 0.508 e. The van der Waals surface area contributed by atoms with Crippen molar-refractivity contribution in [1.29, 1.82) is 0 Å². The monoisotopic (exact) mass is 254 g/mol. The molecule has 1 aliphatic rings. The number of aromatic hydroxyl groups is 1. The number of nitrogens with two attached hydrogens (primary N) is 1. The lowest BCUT2D eigenvalue weighted by Gasteiger charge is -2.36. The molecule has 1 saturated heterocycles. The highest BCUT2D eigenvalue weighted by Crippen LogP contribution is 2.28. The van der Waals surface area contributed by atoms with Crippen LogP contribution in [0.5, 0.6) is 5.75 Å². The van der Waals surface area contributed by atoms with Crippen LogP contribution in [0.15, 0.2) is 18.2 Å². The molecule has 0 amide bonds. The van der Waals surface area contributed by atoms with Crippen LogP contribution in [0.25, 0.3) is 0 Å². The molecule has 4 heteroatoms. The second-order valence-electron chi connectivity index (χ2n) is 4.84. The highest BCUT2D eigenvalue weighted by Gasteiger charge is 2.24. The van der Waals surface area contributed by atoms with E-state index in [0.29, 0.717) is 23.7 Å². The van der Waals surface area contributed by atoms with Gasteiger partial charge < -0.3 is 10.8 Å². The maximum Gasteiger partial charge on any atom is 0.121 e. The van der Waals surface area contributed by atoms with Crippen LogP contribution >= 0.6 is 11.6 Å². The van der Waals surface area contributed by atoms with E-state index < -0.39 is 0 Å². The number of phenolic OH excluding ortho intramolecular Hbond substituents is 1. The van der Waals surface area contributed by atoms with Crippen molar-refractivity contribution >= 4 is 11.6 Å². The van der Waals surface area contributed by atoms with E-state index in [4.69, 9.17) is 17.3 Å². The summed E-state index contributed by atoms with van der Waals surface area (Å²) in [5, 5.41) is 10.5. The van der Waals surface area contributed by atoms with Crippen LogP contribution in [0.2, 0.25) is 5.02 Å². The molecule has 0 saturated carbocycles. The first-order chi connectivity index (χ1) is 8.08. The van der Waals surface area contributed by atoms with Gasteiger partial charge in [0.25, 0.3) is 0 Å². The minimum absolute atomic E-state index is 0.277. The Balaban J connectivity index is 2.10. The Hall–Kier alpha value is -0.770. The van der Waals surface area contributed by atoms with E-state index >= 15 is 0 Å². The van der Waals surface area contributed by atoms with E-state index in [0.717, 1.165) is 24.9 Å². The first-order valence-corrected chi connectivity index (χ1v) is 6.41. The number of piperidine rings is 1. The lowest BCUT2D eigenvalue weighted by molar-refractivity contribution is 0.139. The molecule has 1 heterocycles. The highest BCUT2D eigenvalue weighted by atomic mass is 35.5. The van der Waals surface area contributed by atoms with Crippen molar-refractivity contribution in [2.45, 2.75) is 38.4 Å². The van der Waals surface area contributed by atoms with Crippen molar-refractivity contribution in [2.75, 3.05) is 6.54 Å². The molecule has 2 rings (SSSR count). The van der Waals surface area contributed by atoms with Crippen LogP contribution < -0.4 is 5.73 Å². The molecule has 1 aliphatic heterocycles. The number of phenols is 1. The molecule has 1 fully saturated rings. The van der Waals surface area contributed by atoms with Crippen LogP contribution in [-0.2, 0) is 6.54 Å². The van der Waals surface area contributed by atoms with Crippen LogP contribution in [0.4, 0.5) is 0 Å². The number of likely N-dealkylation sites (tertiary alicyclic amines) is 1. The lowest BCUT2D eigenvalue weighted by atomic mass is 9.98. The summed E-state index contributed by atoms with van der Waals surface area (Å²) in [6, 6.07) is 6.01. The smallest absolute Gasteiger partial charge is 0.121 e. The first kappa shape index (κ1) is 12.7. The van der Waals surface area contributed by atoms with Crippen LogP contribution in [-0.4, -0.2) is 28.6 Å². The van der Waals surface area contributed by atoms with Gasteiger partial charge >= 0.3 is 0 Å². The fraction of sp³-hybridized carbons (Fsp3) is 0.538. The van der Waals surface area contributed by atoms with E-state index in [2.05, 4.69) is 11.8 Å². The average molecular weight is 255 g/mol. The zero-order valence-electron chi connectivity index (χ0n) is 10.1. The van der Waals surface area contributed by atoms with E-state index in [9.17, 15) is 5.11 Å². The Kier molecular flexibility index (Phi) is 3.92. The number of nitrogens with zero attached hydrogens (tertiary/aromatic N) is 1. The molecule has 0 spiro atoms. The van der Waals surface area contributed by atoms with Crippen molar-refractivity contribution < 1.29 is 5.11 Å². The predicted molar refractivity (Wildman–Crippen MR) is 70.2 cm³/mol. The van der Waals surface area contributed by atoms with Gasteiger partial charge in [-0.3, -0.25) is 4.90 Å². The summed E-state index contributed by atoms with van der Waals surface area (Å²) in [4.78, 5) is 2.32. The third kappa shape index (κ3) is 2.92. The number of benzene rings is 1. The Morgan fingerprint density at radius 3 is 2.94 bits per heavy atom. The molecule has 1 aromatic carbocycles. The van der Waals surface area contributed by atoms with Gasteiger partial charge in [-0.2, -0.15) is 0 Å². The zero-order valence-corrected chi connectivity index (χ0v) is 10.8. The van der Waals surface area contributed by atoms with Crippen molar-refractivity contribution in [2.24, 2.45) is 5.73 Å². The van der Waals surface area contributed by atoms with E-state index in [-0.39, 0.29) is 5.75 Å². The quantitative estimate of drug-likeness (QED) is 0.852.